The Morgan fingerprint density at radius 3 is 1.27 bits per heavy atom. The first-order valence-corrected chi connectivity index (χ1v) is 14.4. The van der Waals surface area contributed by atoms with Crippen LogP contribution in [0.5, 0.6) is 0 Å². The highest BCUT2D eigenvalue weighted by molar-refractivity contribution is 4.91. The molecule has 5 heteroatoms. The van der Waals surface area contributed by atoms with Gasteiger partial charge in [-0.1, -0.05) is 135 Å². The second-order valence-corrected chi connectivity index (χ2v) is 10.5. The Bertz CT molecular complexity index is 433. The standard InChI is InChI=1S/C28H56O5/c1-2-3-4-5-6-7-8-9-10-11-12-13-14-15-16-17-18-19-20-21-22-23-28(32)27(31)26(30)25(29)24-33-28/h25-27,29-32H,2-24H2,1H3/t25-,26+,27-,28-/m1/s1. The molecule has 1 saturated heterocycles. The zero-order valence-corrected chi connectivity index (χ0v) is 21.7. The molecule has 0 spiro atoms. The number of aliphatic hydroxyl groups excluding tert-OH is 3. The Morgan fingerprint density at radius 1 is 0.576 bits per heavy atom. The van der Waals surface area contributed by atoms with Crippen LogP contribution in [0, 0.1) is 0 Å². The molecule has 0 aromatic heterocycles. The average molecular weight is 473 g/mol. The molecular weight excluding hydrogens is 416 g/mol. The van der Waals surface area contributed by atoms with Gasteiger partial charge >= 0.3 is 0 Å². The van der Waals surface area contributed by atoms with Gasteiger partial charge in [-0.25, -0.2) is 0 Å². The molecule has 1 aliphatic rings. The highest BCUT2D eigenvalue weighted by Gasteiger charge is 2.47. The van der Waals surface area contributed by atoms with E-state index in [1.165, 1.54) is 116 Å². The molecule has 0 saturated carbocycles. The van der Waals surface area contributed by atoms with E-state index in [1.807, 2.05) is 0 Å². The third-order valence-electron chi connectivity index (χ3n) is 7.32. The Hall–Kier alpha value is -0.200. The molecule has 0 bridgehead atoms. The lowest BCUT2D eigenvalue weighted by atomic mass is 9.92. The highest BCUT2D eigenvalue weighted by Crippen LogP contribution is 2.29. The van der Waals surface area contributed by atoms with Gasteiger partial charge in [-0.3, -0.25) is 0 Å². The summed E-state index contributed by atoms with van der Waals surface area (Å²) in [6.45, 7) is 2.14. The van der Waals surface area contributed by atoms with Crippen molar-refractivity contribution >= 4 is 0 Å². The largest absolute Gasteiger partial charge is 0.388 e. The Balaban J connectivity index is 1.77. The first-order valence-electron chi connectivity index (χ1n) is 14.4. The first kappa shape index (κ1) is 30.8. The van der Waals surface area contributed by atoms with Crippen molar-refractivity contribution in [2.24, 2.45) is 0 Å². The average Bonchev–Trinajstić information content (AvgIpc) is 2.81. The van der Waals surface area contributed by atoms with Crippen LogP contribution < -0.4 is 0 Å². The van der Waals surface area contributed by atoms with Crippen molar-refractivity contribution in [2.75, 3.05) is 6.61 Å². The van der Waals surface area contributed by atoms with Crippen LogP contribution in [-0.2, 0) is 4.74 Å². The van der Waals surface area contributed by atoms with Crippen molar-refractivity contribution < 1.29 is 25.2 Å². The molecule has 4 atom stereocenters. The van der Waals surface area contributed by atoms with Crippen molar-refractivity contribution in [3.05, 3.63) is 0 Å². The fraction of sp³-hybridized carbons (Fsp3) is 1.00. The molecule has 0 aliphatic carbocycles. The number of hydrogen-bond donors (Lipinski definition) is 4. The number of unbranched alkanes of at least 4 members (excludes halogenated alkanes) is 20. The topological polar surface area (TPSA) is 90.2 Å². The third kappa shape index (κ3) is 14.7. The van der Waals surface area contributed by atoms with E-state index >= 15 is 0 Å². The summed E-state index contributed by atoms with van der Waals surface area (Å²) in [4.78, 5) is 0. The molecule has 0 amide bonds. The van der Waals surface area contributed by atoms with Gasteiger partial charge in [-0.05, 0) is 6.42 Å². The zero-order chi connectivity index (χ0) is 24.2. The van der Waals surface area contributed by atoms with Crippen molar-refractivity contribution in [3.8, 4) is 0 Å². The lowest BCUT2D eigenvalue weighted by Crippen LogP contribution is -2.60. The summed E-state index contributed by atoms with van der Waals surface area (Å²) in [6, 6.07) is 0. The first-order chi connectivity index (χ1) is 16.0. The monoisotopic (exact) mass is 472 g/mol. The molecule has 1 aliphatic heterocycles. The lowest BCUT2D eigenvalue weighted by molar-refractivity contribution is -0.323. The Labute approximate surface area is 204 Å². The predicted molar refractivity (Wildman–Crippen MR) is 136 cm³/mol. The normalized spacial score (nSPS) is 25.5. The third-order valence-corrected chi connectivity index (χ3v) is 7.32. The smallest absolute Gasteiger partial charge is 0.194 e. The van der Waals surface area contributed by atoms with Gasteiger partial charge in [-0.15, -0.1) is 0 Å². The van der Waals surface area contributed by atoms with Crippen LogP contribution in [0.2, 0.25) is 0 Å². The van der Waals surface area contributed by atoms with E-state index in [-0.39, 0.29) is 13.0 Å². The van der Waals surface area contributed by atoms with E-state index in [1.54, 1.807) is 0 Å². The summed E-state index contributed by atoms with van der Waals surface area (Å²) in [5.41, 5.74) is 0. The van der Waals surface area contributed by atoms with Gasteiger partial charge in [-0.2, -0.15) is 0 Å². The summed E-state index contributed by atoms with van der Waals surface area (Å²) in [6.07, 6.45) is 24.2. The molecule has 5 nitrogen and oxygen atoms in total. The van der Waals surface area contributed by atoms with E-state index < -0.39 is 24.1 Å². The van der Waals surface area contributed by atoms with E-state index in [4.69, 9.17) is 4.74 Å². The quantitative estimate of drug-likeness (QED) is 0.137. The predicted octanol–water partition coefficient (Wildman–Crippen LogP) is 6.39. The SMILES string of the molecule is CCCCCCCCCCCCCCCCCCCCCCC[C@@]1(O)OC[C@@H](O)[C@H](O)[C@H]1O. The van der Waals surface area contributed by atoms with Crippen LogP contribution in [0.3, 0.4) is 0 Å². The minimum absolute atomic E-state index is 0.145. The second-order valence-electron chi connectivity index (χ2n) is 10.5. The minimum Gasteiger partial charge on any atom is -0.388 e. The van der Waals surface area contributed by atoms with Gasteiger partial charge in [0.2, 0.25) is 0 Å². The van der Waals surface area contributed by atoms with Gasteiger partial charge in [0, 0.05) is 6.42 Å². The fourth-order valence-electron chi connectivity index (χ4n) is 4.92. The fourth-order valence-corrected chi connectivity index (χ4v) is 4.92. The van der Waals surface area contributed by atoms with Gasteiger partial charge in [0.25, 0.3) is 0 Å². The summed E-state index contributed by atoms with van der Waals surface area (Å²) in [7, 11) is 0. The maximum atomic E-state index is 10.3. The van der Waals surface area contributed by atoms with Crippen LogP contribution in [0.25, 0.3) is 0 Å². The minimum atomic E-state index is -1.73. The van der Waals surface area contributed by atoms with Crippen molar-refractivity contribution in [2.45, 2.75) is 172 Å². The van der Waals surface area contributed by atoms with Crippen LogP contribution in [0.4, 0.5) is 0 Å². The summed E-state index contributed by atoms with van der Waals surface area (Å²) < 4.78 is 5.20. The second kappa shape index (κ2) is 20.0. The maximum Gasteiger partial charge on any atom is 0.194 e. The molecule has 33 heavy (non-hydrogen) atoms. The Morgan fingerprint density at radius 2 is 0.909 bits per heavy atom. The molecule has 0 unspecified atom stereocenters. The molecule has 1 rings (SSSR count). The summed E-state index contributed by atoms with van der Waals surface area (Å²) in [5.74, 6) is -1.73. The van der Waals surface area contributed by atoms with Crippen molar-refractivity contribution in [3.63, 3.8) is 0 Å². The number of ether oxygens (including phenoxy) is 1. The van der Waals surface area contributed by atoms with Gasteiger partial charge in [0.1, 0.15) is 18.3 Å². The maximum absolute atomic E-state index is 10.3. The Kier molecular flexibility index (Phi) is 18.7. The molecular formula is C28H56O5. The molecule has 4 N–H and O–H groups in total. The van der Waals surface area contributed by atoms with Gasteiger partial charge in [0.05, 0.1) is 6.61 Å². The van der Waals surface area contributed by atoms with Gasteiger partial charge in [0.15, 0.2) is 5.79 Å². The van der Waals surface area contributed by atoms with Crippen LogP contribution in [0.1, 0.15) is 148 Å². The summed E-state index contributed by atoms with van der Waals surface area (Å²) >= 11 is 0. The van der Waals surface area contributed by atoms with Crippen LogP contribution in [-0.4, -0.2) is 51.1 Å². The van der Waals surface area contributed by atoms with Crippen molar-refractivity contribution in [1.82, 2.24) is 0 Å². The zero-order valence-electron chi connectivity index (χ0n) is 21.7. The molecule has 1 heterocycles. The number of hydrogen-bond acceptors (Lipinski definition) is 5. The summed E-state index contributed by atoms with van der Waals surface area (Å²) in [5, 5.41) is 39.5. The molecule has 0 aromatic carbocycles. The van der Waals surface area contributed by atoms with Crippen molar-refractivity contribution in [1.29, 1.82) is 0 Å². The molecule has 198 valence electrons. The van der Waals surface area contributed by atoms with Crippen LogP contribution >= 0.6 is 0 Å². The lowest BCUT2D eigenvalue weighted by Gasteiger charge is -2.41. The van der Waals surface area contributed by atoms with E-state index in [2.05, 4.69) is 6.92 Å². The molecule has 0 radical (unpaired) electrons. The number of aliphatic hydroxyl groups is 4. The van der Waals surface area contributed by atoms with Gasteiger partial charge < -0.3 is 25.2 Å². The number of rotatable bonds is 22. The van der Waals surface area contributed by atoms with E-state index in [9.17, 15) is 20.4 Å². The molecule has 0 aromatic rings. The highest BCUT2D eigenvalue weighted by atomic mass is 16.6. The molecule has 1 fully saturated rings. The van der Waals surface area contributed by atoms with Crippen LogP contribution in [0.15, 0.2) is 0 Å². The van der Waals surface area contributed by atoms with E-state index in [0.717, 1.165) is 19.3 Å². The van der Waals surface area contributed by atoms with E-state index in [0.29, 0.717) is 0 Å².